The van der Waals surface area contributed by atoms with E-state index in [1.807, 2.05) is 5.32 Å². The number of halogens is 3. The number of aliphatic hydroxyl groups excluding tert-OH is 1. The number of nitrogens with one attached hydrogen (secondary N) is 2. The van der Waals surface area contributed by atoms with Crippen molar-refractivity contribution in [2.45, 2.75) is 18.7 Å². The lowest BCUT2D eigenvalue weighted by Gasteiger charge is -2.29. The molecule has 0 bridgehead atoms. The van der Waals surface area contributed by atoms with E-state index in [0.717, 1.165) is 0 Å². The summed E-state index contributed by atoms with van der Waals surface area (Å²) < 4.78 is 38.6. The topological polar surface area (TPSA) is 98.7 Å². The quantitative estimate of drug-likeness (QED) is 0.530. The van der Waals surface area contributed by atoms with Crippen LogP contribution in [0.3, 0.4) is 0 Å². The summed E-state index contributed by atoms with van der Waals surface area (Å²) in [6, 6.07) is 0. The van der Waals surface area contributed by atoms with Gasteiger partial charge in [-0.3, -0.25) is 4.79 Å². The fraction of sp³-hybridized carbons (Fsp3) is 0.778. The Balaban J connectivity index is 2.71. The first-order valence-electron chi connectivity index (χ1n) is 5.17. The molecule has 0 aliphatic carbocycles. The van der Waals surface area contributed by atoms with Gasteiger partial charge in [0, 0.05) is 6.54 Å². The van der Waals surface area contributed by atoms with Crippen molar-refractivity contribution in [3.63, 3.8) is 0 Å². The first-order valence-corrected chi connectivity index (χ1v) is 5.17. The molecule has 104 valence electrons. The number of carboxylic acids is 1. The highest BCUT2D eigenvalue weighted by molar-refractivity contribution is 5.85. The summed E-state index contributed by atoms with van der Waals surface area (Å²) in [5.41, 5.74) is -2.55. The van der Waals surface area contributed by atoms with Crippen LogP contribution in [-0.4, -0.2) is 54.0 Å². The summed E-state index contributed by atoms with van der Waals surface area (Å²) in [6.07, 6.45) is -7.06. The molecule has 0 aromatic carbocycles. The number of aliphatic hydroxyl groups is 1. The van der Waals surface area contributed by atoms with Gasteiger partial charge in [0.25, 0.3) is 0 Å². The molecule has 0 aromatic rings. The number of carboxylic acid groups (broad SMARTS) is 1. The Bertz CT molecular complexity index is 339. The number of amides is 1. The zero-order valence-corrected chi connectivity index (χ0v) is 9.25. The Morgan fingerprint density at radius 2 is 2.06 bits per heavy atom. The maximum atomic E-state index is 12.9. The Morgan fingerprint density at radius 1 is 1.44 bits per heavy atom. The molecule has 1 heterocycles. The molecule has 1 amide bonds. The van der Waals surface area contributed by atoms with Crippen molar-refractivity contribution < 1.29 is 33.0 Å². The Hall–Kier alpha value is -1.35. The van der Waals surface area contributed by atoms with Crippen molar-refractivity contribution in [1.29, 1.82) is 0 Å². The van der Waals surface area contributed by atoms with Gasteiger partial charge in [-0.25, -0.2) is 4.79 Å². The van der Waals surface area contributed by atoms with Crippen molar-refractivity contribution >= 4 is 11.9 Å². The smallest absolute Gasteiger partial charge is 0.404 e. The van der Waals surface area contributed by atoms with Gasteiger partial charge in [-0.15, -0.1) is 0 Å². The van der Waals surface area contributed by atoms with E-state index in [-0.39, 0.29) is 6.54 Å². The second-order valence-corrected chi connectivity index (χ2v) is 4.07. The number of rotatable bonds is 4. The van der Waals surface area contributed by atoms with Gasteiger partial charge >= 0.3 is 12.1 Å². The molecule has 4 N–H and O–H groups in total. The fourth-order valence-corrected chi connectivity index (χ4v) is 1.70. The molecule has 1 aliphatic heterocycles. The third kappa shape index (κ3) is 2.72. The maximum absolute atomic E-state index is 12.9. The molecule has 1 unspecified atom stereocenters. The Labute approximate surface area is 100 Å². The van der Waals surface area contributed by atoms with Gasteiger partial charge in [0.1, 0.15) is 0 Å². The Morgan fingerprint density at radius 3 is 2.44 bits per heavy atom. The summed E-state index contributed by atoms with van der Waals surface area (Å²) in [7, 11) is 0. The lowest BCUT2D eigenvalue weighted by atomic mass is 9.85. The van der Waals surface area contributed by atoms with Gasteiger partial charge in [0.05, 0.1) is 6.54 Å². The standard InChI is InChI=1S/C9H13F3N2O4/c10-9(11,12)8(1-2-13-4-8)7(18)14-3-5(15)6(16)17/h5,13,15H,1-4H2,(H,14,18)(H,16,17)/t5-,8?/m0/s1. The van der Waals surface area contributed by atoms with Crippen molar-refractivity contribution in [3.05, 3.63) is 0 Å². The van der Waals surface area contributed by atoms with E-state index in [2.05, 4.69) is 5.32 Å². The van der Waals surface area contributed by atoms with E-state index in [1.165, 1.54) is 0 Å². The first kappa shape index (κ1) is 14.7. The van der Waals surface area contributed by atoms with E-state index in [9.17, 15) is 22.8 Å². The zero-order valence-electron chi connectivity index (χ0n) is 9.25. The van der Waals surface area contributed by atoms with Crippen LogP contribution in [0, 0.1) is 5.41 Å². The highest BCUT2D eigenvalue weighted by Gasteiger charge is 2.61. The number of hydrogen-bond donors (Lipinski definition) is 4. The van der Waals surface area contributed by atoms with Gasteiger partial charge < -0.3 is 20.8 Å². The fourth-order valence-electron chi connectivity index (χ4n) is 1.70. The summed E-state index contributed by atoms with van der Waals surface area (Å²) >= 11 is 0. The Kier molecular flexibility index (Phi) is 4.17. The summed E-state index contributed by atoms with van der Waals surface area (Å²) in [5, 5.41) is 21.5. The molecular formula is C9H13F3N2O4. The molecular weight excluding hydrogens is 257 g/mol. The zero-order chi connectivity index (χ0) is 14.0. The largest absolute Gasteiger partial charge is 0.479 e. The number of alkyl halides is 3. The van der Waals surface area contributed by atoms with E-state index < -0.39 is 49.1 Å². The minimum Gasteiger partial charge on any atom is -0.479 e. The molecule has 6 nitrogen and oxygen atoms in total. The SMILES string of the molecule is O=C(O)[C@@H](O)CNC(=O)C1(C(F)(F)F)CCNC1. The van der Waals surface area contributed by atoms with Crippen molar-refractivity contribution in [3.8, 4) is 0 Å². The third-order valence-electron chi connectivity index (χ3n) is 2.87. The highest BCUT2D eigenvalue weighted by Crippen LogP contribution is 2.43. The van der Waals surface area contributed by atoms with Crippen molar-refractivity contribution in [2.75, 3.05) is 19.6 Å². The summed E-state index contributed by atoms with van der Waals surface area (Å²) in [6.45, 7) is -1.26. The summed E-state index contributed by atoms with van der Waals surface area (Å²) in [4.78, 5) is 21.8. The maximum Gasteiger partial charge on any atom is 0.404 e. The van der Waals surface area contributed by atoms with Crippen LogP contribution in [0.15, 0.2) is 0 Å². The molecule has 1 aliphatic rings. The van der Waals surface area contributed by atoms with Crippen LogP contribution in [0.1, 0.15) is 6.42 Å². The number of hydrogen-bond acceptors (Lipinski definition) is 4. The average Bonchev–Trinajstić information content (AvgIpc) is 2.74. The molecule has 9 heteroatoms. The van der Waals surface area contributed by atoms with Crippen LogP contribution in [0.25, 0.3) is 0 Å². The van der Waals surface area contributed by atoms with Gasteiger partial charge in [-0.1, -0.05) is 0 Å². The lowest BCUT2D eigenvalue weighted by Crippen LogP contribution is -2.53. The minimum atomic E-state index is -4.73. The number of carbonyl (C=O) groups excluding carboxylic acids is 1. The van der Waals surface area contributed by atoms with E-state index in [1.54, 1.807) is 0 Å². The summed E-state index contributed by atoms with van der Waals surface area (Å²) in [5.74, 6) is -2.93. The molecule has 1 rings (SSSR count). The predicted molar refractivity (Wildman–Crippen MR) is 52.6 cm³/mol. The molecule has 1 saturated heterocycles. The second kappa shape index (κ2) is 5.11. The van der Waals surface area contributed by atoms with Crippen molar-refractivity contribution in [1.82, 2.24) is 10.6 Å². The average molecular weight is 270 g/mol. The van der Waals surface area contributed by atoms with E-state index >= 15 is 0 Å². The number of carbonyl (C=O) groups is 2. The molecule has 0 saturated carbocycles. The van der Waals surface area contributed by atoms with Crippen LogP contribution in [0.4, 0.5) is 13.2 Å². The van der Waals surface area contributed by atoms with E-state index in [0.29, 0.717) is 0 Å². The highest BCUT2D eigenvalue weighted by atomic mass is 19.4. The first-order chi connectivity index (χ1) is 8.21. The third-order valence-corrected chi connectivity index (χ3v) is 2.87. The minimum absolute atomic E-state index is 0.0500. The molecule has 0 spiro atoms. The molecule has 1 fully saturated rings. The molecule has 0 radical (unpaired) electrons. The van der Waals surface area contributed by atoms with Gasteiger partial charge in [-0.05, 0) is 13.0 Å². The van der Waals surface area contributed by atoms with Crippen LogP contribution in [0.5, 0.6) is 0 Å². The van der Waals surface area contributed by atoms with Gasteiger partial charge in [0.15, 0.2) is 11.5 Å². The van der Waals surface area contributed by atoms with Crippen molar-refractivity contribution in [2.24, 2.45) is 5.41 Å². The monoisotopic (exact) mass is 270 g/mol. The number of aliphatic carboxylic acids is 1. The van der Waals surface area contributed by atoms with Crippen LogP contribution >= 0.6 is 0 Å². The van der Waals surface area contributed by atoms with Crippen LogP contribution in [-0.2, 0) is 9.59 Å². The van der Waals surface area contributed by atoms with Gasteiger partial charge in [0.2, 0.25) is 5.91 Å². The predicted octanol–water partition coefficient (Wildman–Crippen LogP) is -0.910. The lowest BCUT2D eigenvalue weighted by molar-refractivity contribution is -0.216. The molecule has 2 atom stereocenters. The van der Waals surface area contributed by atoms with Gasteiger partial charge in [-0.2, -0.15) is 13.2 Å². The molecule has 0 aromatic heterocycles. The van der Waals surface area contributed by atoms with E-state index in [4.69, 9.17) is 10.2 Å². The second-order valence-electron chi connectivity index (χ2n) is 4.07. The normalized spacial score (nSPS) is 25.8. The molecule has 18 heavy (non-hydrogen) atoms. The van der Waals surface area contributed by atoms with Crippen LogP contribution < -0.4 is 10.6 Å². The van der Waals surface area contributed by atoms with Crippen LogP contribution in [0.2, 0.25) is 0 Å².